The molecule has 1 saturated heterocycles. The second-order valence-corrected chi connectivity index (χ2v) is 7.17. The summed E-state index contributed by atoms with van der Waals surface area (Å²) in [5.74, 6) is 0.882. The Morgan fingerprint density at radius 1 is 1.42 bits per heavy atom. The highest BCUT2D eigenvalue weighted by molar-refractivity contribution is 7.12. The molecule has 2 aromatic rings. The standard InChI is InChI=1S/C18H20N2O3S/c1-12-6-10-24-17(12)18(21)20-8-9-22-16-14(20)4-5-15(16)23-13-3-2-7-19-11-13/h2-3,6-7,10-11,14-16H,4-5,8-9H2,1H3/t14-,15-,16+/m1/s1. The largest absolute Gasteiger partial charge is 0.486 e. The maximum Gasteiger partial charge on any atom is 0.264 e. The highest BCUT2D eigenvalue weighted by Gasteiger charge is 2.46. The number of rotatable bonds is 3. The van der Waals surface area contributed by atoms with Crippen LogP contribution in [0.1, 0.15) is 28.1 Å². The second-order valence-electron chi connectivity index (χ2n) is 6.26. The lowest BCUT2D eigenvalue weighted by Gasteiger charge is -2.38. The molecule has 4 rings (SSSR count). The first-order valence-corrected chi connectivity index (χ1v) is 9.15. The van der Waals surface area contributed by atoms with Crippen LogP contribution in [0.3, 0.4) is 0 Å². The summed E-state index contributed by atoms with van der Waals surface area (Å²) >= 11 is 1.52. The van der Waals surface area contributed by atoms with E-state index in [-0.39, 0.29) is 24.2 Å². The highest BCUT2D eigenvalue weighted by Crippen LogP contribution is 2.34. The number of pyridine rings is 1. The van der Waals surface area contributed by atoms with Crippen LogP contribution in [0, 0.1) is 6.92 Å². The number of ether oxygens (including phenoxy) is 2. The molecule has 2 aliphatic rings. The van der Waals surface area contributed by atoms with E-state index >= 15 is 0 Å². The molecule has 0 spiro atoms. The smallest absolute Gasteiger partial charge is 0.264 e. The number of hydrogen-bond donors (Lipinski definition) is 0. The summed E-state index contributed by atoms with van der Waals surface area (Å²) in [5, 5.41) is 1.98. The van der Waals surface area contributed by atoms with Gasteiger partial charge in [0.25, 0.3) is 5.91 Å². The number of aromatic nitrogens is 1. The van der Waals surface area contributed by atoms with Gasteiger partial charge in [-0.15, -0.1) is 11.3 Å². The third-order valence-corrected chi connectivity index (χ3v) is 5.78. The summed E-state index contributed by atoms with van der Waals surface area (Å²) in [6, 6.07) is 5.85. The maximum atomic E-state index is 12.9. The lowest BCUT2D eigenvalue weighted by Crippen LogP contribution is -2.54. The van der Waals surface area contributed by atoms with Gasteiger partial charge in [-0.05, 0) is 48.9 Å². The van der Waals surface area contributed by atoms with Crippen LogP contribution in [0.15, 0.2) is 36.0 Å². The molecule has 3 heterocycles. The minimum absolute atomic E-state index is 0.0285. The Labute approximate surface area is 145 Å². The molecule has 126 valence electrons. The number of carbonyl (C=O) groups is 1. The van der Waals surface area contributed by atoms with Crippen LogP contribution in [0.2, 0.25) is 0 Å². The minimum atomic E-state index is -0.0665. The van der Waals surface area contributed by atoms with Gasteiger partial charge in [-0.3, -0.25) is 9.78 Å². The number of morpholine rings is 1. The number of thiophene rings is 1. The van der Waals surface area contributed by atoms with Crippen molar-refractivity contribution >= 4 is 17.2 Å². The third kappa shape index (κ3) is 2.80. The summed E-state index contributed by atoms with van der Waals surface area (Å²) in [6.07, 6.45) is 5.14. The van der Waals surface area contributed by atoms with Crippen LogP contribution in [0.5, 0.6) is 5.75 Å². The molecule has 1 amide bonds. The van der Waals surface area contributed by atoms with Crippen LogP contribution >= 0.6 is 11.3 Å². The lowest BCUT2D eigenvalue weighted by molar-refractivity contribution is -0.0785. The number of aryl methyl sites for hydroxylation is 1. The molecule has 0 aromatic carbocycles. The van der Waals surface area contributed by atoms with Gasteiger partial charge in [-0.1, -0.05) is 0 Å². The number of fused-ring (bicyclic) bond motifs is 1. The Morgan fingerprint density at radius 2 is 2.33 bits per heavy atom. The van der Waals surface area contributed by atoms with E-state index in [1.165, 1.54) is 11.3 Å². The summed E-state index contributed by atoms with van der Waals surface area (Å²) in [7, 11) is 0. The van der Waals surface area contributed by atoms with Gasteiger partial charge in [-0.2, -0.15) is 0 Å². The van der Waals surface area contributed by atoms with Crippen LogP contribution in [0.25, 0.3) is 0 Å². The fourth-order valence-electron chi connectivity index (χ4n) is 3.61. The fraction of sp³-hybridized carbons (Fsp3) is 0.444. The van der Waals surface area contributed by atoms with Crippen molar-refractivity contribution in [3.8, 4) is 5.75 Å². The molecule has 1 aliphatic carbocycles. The van der Waals surface area contributed by atoms with Crippen LogP contribution < -0.4 is 4.74 Å². The van der Waals surface area contributed by atoms with Crippen molar-refractivity contribution in [3.63, 3.8) is 0 Å². The van der Waals surface area contributed by atoms with Gasteiger partial charge in [0.2, 0.25) is 0 Å². The van der Waals surface area contributed by atoms with Crippen molar-refractivity contribution in [1.82, 2.24) is 9.88 Å². The number of amides is 1. The predicted octanol–water partition coefficient (Wildman–Crippen LogP) is 2.90. The topological polar surface area (TPSA) is 51.7 Å². The monoisotopic (exact) mass is 344 g/mol. The Kier molecular flexibility index (Phi) is 4.24. The Bertz CT molecular complexity index is 718. The van der Waals surface area contributed by atoms with E-state index in [4.69, 9.17) is 9.47 Å². The fourth-order valence-corrected chi connectivity index (χ4v) is 4.49. The molecule has 5 nitrogen and oxygen atoms in total. The summed E-state index contributed by atoms with van der Waals surface area (Å²) in [6.45, 7) is 3.20. The SMILES string of the molecule is Cc1ccsc1C(=O)N1CCO[C@H]2[C@H]1CC[C@H]2Oc1cccnc1. The van der Waals surface area contributed by atoms with Crippen molar-refractivity contribution in [3.05, 3.63) is 46.4 Å². The van der Waals surface area contributed by atoms with Crippen LogP contribution in [0.4, 0.5) is 0 Å². The summed E-state index contributed by atoms with van der Waals surface area (Å²) in [5.41, 5.74) is 1.05. The molecule has 0 bridgehead atoms. The maximum absolute atomic E-state index is 12.9. The normalized spacial score (nSPS) is 26.2. The third-order valence-electron chi connectivity index (χ3n) is 4.77. The van der Waals surface area contributed by atoms with Crippen LogP contribution in [-0.4, -0.2) is 47.2 Å². The minimum Gasteiger partial charge on any atom is -0.486 e. The predicted molar refractivity (Wildman–Crippen MR) is 91.5 cm³/mol. The van der Waals surface area contributed by atoms with Gasteiger partial charge < -0.3 is 14.4 Å². The van der Waals surface area contributed by atoms with Crippen molar-refractivity contribution in [2.24, 2.45) is 0 Å². The van der Waals surface area contributed by atoms with Crippen molar-refractivity contribution in [1.29, 1.82) is 0 Å². The van der Waals surface area contributed by atoms with Gasteiger partial charge in [0.15, 0.2) is 0 Å². The molecular weight excluding hydrogens is 324 g/mol. The van der Waals surface area contributed by atoms with Crippen LogP contribution in [-0.2, 0) is 4.74 Å². The van der Waals surface area contributed by atoms with Gasteiger partial charge in [-0.25, -0.2) is 0 Å². The quantitative estimate of drug-likeness (QED) is 0.859. The second kappa shape index (κ2) is 6.53. The Morgan fingerprint density at radius 3 is 3.08 bits per heavy atom. The number of hydrogen-bond acceptors (Lipinski definition) is 5. The van der Waals surface area contributed by atoms with Gasteiger partial charge in [0.05, 0.1) is 23.7 Å². The molecule has 1 aliphatic heterocycles. The first-order valence-electron chi connectivity index (χ1n) is 8.27. The Balaban J connectivity index is 1.50. The van der Waals surface area contributed by atoms with Crippen molar-refractivity contribution in [2.75, 3.05) is 13.2 Å². The highest BCUT2D eigenvalue weighted by atomic mass is 32.1. The number of nitrogens with zero attached hydrogens (tertiary/aromatic N) is 2. The van der Waals surface area contributed by atoms with E-state index in [1.807, 2.05) is 35.4 Å². The Hall–Kier alpha value is -1.92. The van der Waals surface area contributed by atoms with Crippen molar-refractivity contribution < 1.29 is 14.3 Å². The van der Waals surface area contributed by atoms with E-state index in [0.717, 1.165) is 29.0 Å². The van der Waals surface area contributed by atoms with E-state index in [9.17, 15) is 4.79 Å². The molecule has 24 heavy (non-hydrogen) atoms. The molecular formula is C18H20N2O3S. The number of carbonyl (C=O) groups excluding carboxylic acids is 1. The zero-order chi connectivity index (χ0) is 16.5. The van der Waals surface area contributed by atoms with E-state index in [1.54, 1.807) is 12.4 Å². The molecule has 0 unspecified atom stereocenters. The molecule has 3 atom stereocenters. The van der Waals surface area contributed by atoms with Gasteiger partial charge >= 0.3 is 0 Å². The first-order chi connectivity index (χ1) is 11.7. The summed E-state index contributed by atoms with van der Waals surface area (Å²) in [4.78, 5) is 19.8. The van der Waals surface area contributed by atoms with E-state index in [2.05, 4.69) is 4.98 Å². The molecule has 2 fully saturated rings. The summed E-state index contributed by atoms with van der Waals surface area (Å²) < 4.78 is 12.0. The molecule has 0 N–H and O–H groups in total. The lowest BCUT2D eigenvalue weighted by atomic mass is 10.1. The van der Waals surface area contributed by atoms with E-state index < -0.39 is 0 Å². The van der Waals surface area contributed by atoms with Gasteiger partial charge in [0.1, 0.15) is 18.0 Å². The first kappa shape index (κ1) is 15.6. The van der Waals surface area contributed by atoms with Gasteiger partial charge in [0, 0.05) is 12.7 Å². The molecule has 6 heteroatoms. The van der Waals surface area contributed by atoms with E-state index in [0.29, 0.717) is 13.2 Å². The zero-order valence-corrected chi connectivity index (χ0v) is 14.4. The molecule has 2 aromatic heterocycles. The average Bonchev–Trinajstić information content (AvgIpc) is 3.22. The zero-order valence-electron chi connectivity index (χ0n) is 13.6. The van der Waals surface area contributed by atoms with Crippen molar-refractivity contribution in [2.45, 2.75) is 38.0 Å². The average molecular weight is 344 g/mol. The molecule has 0 radical (unpaired) electrons. The molecule has 1 saturated carbocycles.